The molecule has 5 aliphatic rings. The van der Waals surface area contributed by atoms with Gasteiger partial charge in [0.15, 0.2) is 0 Å². The lowest BCUT2D eigenvalue weighted by atomic mass is 9.33. The summed E-state index contributed by atoms with van der Waals surface area (Å²) in [7, 11) is 0. The summed E-state index contributed by atoms with van der Waals surface area (Å²) in [6.07, 6.45) is 11.7. The molecule has 0 radical (unpaired) electrons. The second-order valence-corrected chi connectivity index (χ2v) is 16.1. The van der Waals surface area contributed by atoms with Crippen molar-refractivity contribution in [3.05, 3.63) is 47.2 Å². The summed E-state index contributed by atoms with van der Waals surface area (Å²) in [6.45, 7) is 17.8. The van der Waals surface area contributed by atoms with Crippen molar-refractivity contribution in [3.63, 3.8) is 0 Å². The van der Waals surface area contributed by atoms with Gasteiger partial charge in [-0.1, -0.05) is 78.3 Å². The first-order valence-electron chi connectivity index (χ1n) is 15.9. The highest BCUT2D eigenvalue weighted by Crippen LogP contribution is 2.75. The number of fused-ring (bicyclic) bond motifs is 10. The van der Waals surface area contributed by atoms with Crippen molar-refractivity contribution in [2.45, 2.75) is 105 Å². The van der Waals surface area contributed by atoms with Crippen molar-refractivity contribution >= 4 is 16.8 Å². The Bertz CT molecular complexity index is 1400. The molecular weight excluding hydrogens is 476 g/mol. The average molecular weight is 527 g/mol. The van der Waals surface area contributed by atoms with Crippen LogP contribution < -0.4 is 5.73 Å². The third-order valence-corrected chi connectivity index (χ3v) is 14.6. The smallest absolute Gasteiger partial charge is 0.224 e. The van der Waals surface area contributed by atoms with E-state index in [0.29, 0.717) is 29.6 Å². The molecule has 1 amide bonds. The molecule has 3 fully saturated rings. The highest BCUT2D eigenvalue weighted by Gasteiger charge is 2.69. The average Bonchev–Trinajstić information content (AvgIpc) is 3.25. The maximum Gasteiger partial charge on any atom is 0.224 e. The van der Waals surface area contributed by atoms with E-state index in [2.05, 4.69) is 83.8 Å². The number of benzene rings is 1. The van der Waals surface area contributed by atoms with Gasteiger partial charge in [0.25, 0.3) is 0 Å². The van der Waals surface area contributed by atoms with Crippen molar-refractivity contribution in [1.82, 2.24) is 4.98 Å². The molecular formula is C36H50N2O. The number of hydrogen-bond acceptors (Lipinski definition) is 1. The minimum Gasteiger partial charge on any atom is -0.369 e. The molecule has 9 atom stereocenters. The van der Waals surface area contributed by atoms with Crippen LogP contribution in [0.5, 0.6) is 0 Å². The number of carbonyl (C=O) groups excluding carboxylic acids is 1. The standard InChI is InChI=1S/C36H50N2O/c1-21-14-17-36(31(37)39)19-18-34(6)25(29(36)22(21)2)12-13-28-33(5)20-24-23-10-8-9-11-26(23)38-30(24)32(3,4)27(33)15-16-35(28,34)7/h8-12,21-22,27-29,38H,13-20H2,1-7H3,(H2,37,39)/t21-,22+,27+,28-,29+,33+,34-,35-,36+/m1/s1. The van der Waals surface area contributed by atoms with Gasteiger partial charge in [-0.2, -0.15) is 0 Å². The number of carbonyl (C=O) groups is 1. The number of aromatic amines is 1. The minimum absolute atomic E-state index is 0.0296. The van der Waals surface area contributed by atoms with Crippen molar-refractivity contribution < 1.29 is 4.79 Å². The van der Waals surface area contributed by atoms with Gasteiger partial charge in [0, 0.05) is 22.0 Å². The Hall–Kier alpha value is -2.03. The highest BCUT2D eigenvalue weighted by molar-refractivity contribution is 5.85. The number of H-pyrrole nitrogens is 1. The zero-order valence-electron chi connectivity index (χ0n) is 25.4. The van der Waals surface area contributed by atoms with E-state index in [1.54, 1.807) is 11.1 Å². The molecule has 0 saturated heterocycles. The number of hydrogen-bond donors (Lipinski definition) is 2. The van der Waals surface area contributed by atoms with Gasteiger partial charge in [0.05, 0.1) is 5.41 Å². The summed E-state index contributed by atoms with van der Waals surface area (Å²) in [5.74, 6) is 2.72. The van der Waals surface area contributed by atoms with Gasteiger partial charge in [0.2, 0.25) is 5.91 Å². The third kappa shape index (κ3) is 2.93. The molecule has 3 N–H and O–H groups in total. The second kappa shape index (κ2) is 7.83. The van der Waals surface area contributed by atoms with Crippen molar-refractivity contribution in [2.75, 3.05) is 0 Å². The number of primary amides is 1. The lowest BCUT2D eigenvalue weighted by molar-refractivity contribution is -0.168. The molecule has 0 aliphatic heterocycles. The predicted octanol–water partition coefficient (Wildman–Crippen LogP) is 8.32. The fourth-order valence-corrected chi connectivity index (χ4v) is 12.2. The molecule has 1 aromatic heterocycles. The van der Waals surface area contributed by atoms with Gasteiger partial charge < -0.3 is 10.7 Å². The topological polar surface area (TPSA) is 58.9 Å². The zero-order chi connectivity index (χ0) is 27.8. The summed E-state index contributed by atoms with van der Waals surface area (Å²) < 4.78 is 0. The van der Waals surface area contributed by atoms with Gasteiger partial charge >= 0.3 is 0 Å². The molecule has 3 nitrogen and oxygen atoms in total. The SMILES string of the molecule is C[C@H]1[C@H](C)CC[C@]2(C(N)=O)CC[C@]3(C)C(=CC[C@@H]4[C@@]5(C)Cc6c([nH]c7ccccc67)C(C)(C)[C@@H]5CC[C@]43C)[C@H]12. The fraction of sp³-hybridized carbons (Fsp3) is 0.694. The van der Waals surface area contributed by atoms with Gasteiger partial charge in [0.1, 0.15) is 0 Å². The monoisotopic (exact) mass is 526 g/mol. The molecule has 1 aromatic carbocycles. The zero-order valence-corrected chi connectivity index (χ0v) is 25.4. The van der Waals surface area contributed by atoms with Gasteiger partial charge in [-0.05, 0) is 109 Å². The number of amides is 1. The molecule has 0 unspecified atom stereocenters. The van der Waals surface area contributed by atoms with Crippen LogP contribution in [-0.4, -0.2) is 10.9 Å². The molecule has 210 valence electrons. The number of aromatic nitrogens is 1. The van der Waals surface area contributed by atoms with Crippen LogP contribution in [0.15, 0.2) is 35.9 Å². The lowest BCUT2D eigenvalue weighted by Gasteiger charge is -2.71. The second-order valence-electron chi connectivity index (χ2n) is 16.1. The van der Waals surface area contributed by atoms with Gasteiger partial charge in [-0.3, -0.25) is 4.79 Å². The highest BCUT2D eigenvalue weighted by atomic mass is 16.1. The van der Waals surface area contributed by atoms with E-state index < -0.39 is 0 Å². The van der Waals surface area contributed by atoms with Crippen molar-refractivity contribution in [3.8, 4) is 0 Å². The van der Waals surface area contributed by atoms with E-state index >= 15 is 0 Å². The lowest BCUT2D eigenvalue weighted by Crippen LogP contribution is -2.65. The van der Waals surface area contributed by atoms with Crippen LogP contribution in [0.4, 0.5) is 0 Å². The Morgan fingerprint density at radius 1 is 0.949 bits per heavy atom. The normalized spacial score (nSPS) is 46.2. The van der Waals surface area contributed by atoms with E-state index in [-0.39, 0.29) is 33.0 Å². The first-order valence-corrected chi connectivity index (χ1v) is 15.9. The van der Waals surface area contributed by atoms with E-state index in [1.165, 1.54) is 35.9 Å². The molecule has 1 heterocycles. The summed E-state index contributed by atoms with van der Waals surface area (Å²) in [4.78, 5) is 17.1. The quantitative estimate of drug-likeness (QED) is 0.361. The molecule has 2 aromatic rings. The Labute approximate surface area is 235 Å². The number of nitrogens with one attached hydrogen (secondary N) is 1. The van der Waals surface area contributed by atoms with Crippen LogP contribution in [0.25, 0.3) is 10.9 Å². The third-order valence-electron chi connectivity index (χ3n) is 14.6. The Morgan fingerprint density at radius 2 is 1.69 bits per heavy atom. The fourth-order valence-electron chi connectivity index (χ4n) is 12.2. The van der Waals surface area contributed by atoms with Crippen LogP contribution >= 0.6 is 0 Å². The Balaban J connectivity index is 1.37. The van der Waals surface area contributed by atoms with Crippen LogP contribution in [0.1, 0.15) is 105 Å². The first-order chi connectivity index (χ1) is 18.3. The predicted molar refractivity (Wildman–Crippen MR) is 160 cm³/mol. The molecule has 5 aliphatic carbocycles. The number of rotatable bonds is 1. The van der Waals surface area contributed by atoms with Crippen LogP contribution in [0.2, 0.25) is 0 Å². The Morgan fingerprint density at radius 3 is 2.44 bits per heavy atom. The van der Waals surface area contributed by atoms with E-state index in [0.717, 1.165) is 32.1 Å². The van der Waals surface area contributed by atoms with Gasteiger partial charge in [-0.15, -0.1) is 0 Å². The molecule has 3 heteroatoms. The van der Waals surface area contributed by atoms with Crippen LogP contribution in [0.3, 0.4) is 0 Å². The summed E-state index contributed by atoms with van der Waals surface area (Å²) in [6, 6.07) is 8.97. The number of nitrogens with two attached hydrogens (primary N) is 1. The Kier molecular flexibility index (Phi) is 5.20. The molecule has 0 spiro atoms. The number of para-hydroxylation sites is 1. The van der Waals surface area contributed by atoms with Crippen LogP contribution in [-0.2, 0) is 16.6 Å². The summed E-state index contributed by atoms with van der Waals surface area (Å²) >= 11 is 0. The molecule has 3 saturated carbocycles. The minimum atomic E-state index is -0.340. The van der Waals surface area contributed by atoms with Crippen molar-refractivity contribution in [1.29, 1.82) is 0 Å². The maximum absolute atomic E-state index is 13.2. The largest absolute Gasteiger partial charge is 0.369 e. The summed E-state index contributed by atoms with van der Waals surface area (Å²) in [5, 5.41) is 1.43. The van der Waals surface area contributed by atoms with E-state index in [1.807, 2.05) is 0 Å². The van der Waals surface area contributed by atoms with Crippen molar-refractivity contribution in [2.24, 2.45) is 57.0 Å². The molecule has 0 bridgehead atoms. The maximum atomic E-state index is 13.2. The number of allylic oxidation sites excluding steroid dienone is 2. The molecule has 7 rings (SSSR count). The van der Waals surface area contributed by atoms with E-state index in [4.69, 9.17) is 5.73 Å². The van der Waals surface area contributed by atoms with Gasteiger partial charge in [-0.25, -0.2) is 0 Å². The first kappa shape index (κ1) is 25.9. The van der Waals surface area contributed by atoms with Crippen LogP contribution in [0, 0.1) is 51.2 Å². The summed E-state index contributed by atoms with van der Waals surface area (Å²) in [5.41, 5.74) is 12.7. The molecule has 39 heavy (non-hydrogen) atoms. The van der Waals surface area contributed by atoms with E-state index in [9.17, 15) is 4.79 Å².